The molecule has 0 radical (unpaired) electrons. The van der Waals surface area contributed by atoms with Crippen LogP contribution in [0.4, 0.5) is 10.1 Å². The van der Waals surface area contributed by atoms with Gasteiger partial charge >= 0.3 is 0 Å². The van der Waals surface area contributed by atoms with Crippen molar-refractivity contribution >= 4 is 28.1 Å². The number of hydrogen-bond acceptors (Lipinski definition) is 3. The van der Waals surface area contributed by atoms with Crippen LogP contribution < -0.4 is 10.5 Å². The zero-order valence-corrected chi connectivity index (χ0v) is 11.1. The van der Waals surface area contributed by atoms with E-state index in [-0.39, 0.29) is 10.8 Å². The van der Waals surface area contributed by atoms with Crippen LogP contribution in [-0.2, 0) is 0 Å². The Hall–Kier alpha value is -2.33. The van der Waals surface area contributed by atoms with E-state index in [1.54, 1.807) is 36.7 Å². The van der Waals surface area contributed by atoms with Crippen LogP contribution in [0.25, 0.3) is 10.8 Å². The third kappa shape index (κ3) is 2.14. The Morgan fingerprint density at radius 2 is 1.90 bits per heavy atom. The highest BCUT2D eigenvalue weighted by molar-refractivity contribution is 6.30. The number of halogens is 2. The van der Waals surface area contributed by atoms with Crippen molar-refractivity contribution < 1.29 is 9.13 Å². The van der Waals surface area contributed by atoms with Crippen LogP contribution in [0.2, 0.25) is 5.02 Å². The van der Waals surface area contributed by atoms with Gasteiger partial charge in [-0.05, 0) is 30.3 Å². The first kappa shape index (κ1) is 12.7. The molecule has 0 atom stereocenters. The lowest BCUT2D eigenvalue weighted by Gasteiger charge is -2.11. The van der Waals surface area contributed by atoms with Crippen molar-refractivity contribution in [3.8, 4) is 11.5 Å². The fourth-order valence-corrected chi connectivity index (χ4v) is 2.12. The Balaban J connectivity index is 2.12. The highest BCUT2D eigenvalue weighted by Crippen LogP contribution is 2.34. The van der Waals surface area contributed by atoms with Crippen LogP contribution in [0.5, 0.6) is 11.5 Å². The van der Waals surface area contributed by atoms with Crippen LogP contribution >= 0.6 is 11.6 Å². The maximum Gasteiger partial charge on any atom is 0.184 e. The Labute approximate surface area is 119 Å². The van der Waals surface area contributed by atoms with Crippen LogP contribution in [0.1, 0.15) is 0 Å². The van der Waals surface area contributed by atoms with Gasteiger partial charge < -0.3 is 10.5 Å². The molecule has 5 heteroatoms. The predicted molar refractivity (Wildman–Crippen MR) is 77.6 cm³/mol. The molecule has 0 saturated heterocycles. The third-order valence-corrected chi connectivity index (χ3v) is 3.24. The van der Waals surface area contributed by atoms with Crippen molar-refractivity contribution in [1.82, 2.24) is 4.98 Å². The van der Waals surface area contributed by atoms with Crippen LogP contribution in [0.3, 0.4) is 0 Å². The summed E-state index contributed by atoms with van der Waals surface area (Å²) in [6.07, 6.45) is 3.27. The molecule has 0 aliphatic carbocycles. The van der Waals surface area contributed by atoms with E-state index in [0.29, 0.717) is 11.4 Å². The van der Waals surface area contributed by atoms with Crippen LogP contribution in [0.15, 0.2) is 48.8 Å². The van der Waals surface area contributed by atoms with Crippen molar-refractivity contribution in [1.29, 1.82) is 0 Å². The van der Waals surface area contributed by atoms with Crippen molar-refractivity contribution in [2.45, 2.75) is 0 Å². The number of anilines is 1. The molecule has 3 aromatic rings. The normalized spacial score (nSPS) is 10.7. The maximum atomic E-state index is 13.9. The number of pyridine rings is 1. The summed E-state index contributed by atoms with van der Waals surface area (Å²) in [5, 5.41) is 1.54. The average molecular weight is 289 g/mol. The number of rotatable bonds is 2. The summed E-state index contributed by atoms with van der Waals surface area (Å²) in [5.74, 6) is -0.0219. The standard InChI is InChI=1S/C15H10ClFN2O/c16-11-2-1-3-14(15(11)17)20-13-5-4-12(18)10-8-19-7-6-9(10)13/h1-8H,18H2. The van der Waals surface area contributed by atoms with E-state index in [2.05, 4.69) is 4.98 Å². The minimum atomic E-state index is -0.590. The van der Waals surface area contributed by atoms with Crippen molar-refractivity contribution in [2.24, 2.45) is 0 Å². The first-order valence-electron chi connectivity index (χ1n) is 5.91. The molecule has 3 rings (SSSR count). The summed E-state index contributed by atoms with van der Waals surface area (Å²) < 4.78 is 19.5. The molecule has 0 bridgehead atoms. The molecule has 0 unspecified atom stereocenters. The number of aromatic nitrogens is 1. The van der Waals surface area contributed by atoms with E-state index in [4.69, 9.17) is 22.1 Å². The summed E-state index contributed by atoms with van der Waals surface area (Å²) in [6.45, 7) is 0. The molecule has 0 fully saturated rings. The van der Waals surface area contributed by atoms with Gasteiger partial charge in [0.2, 0.25) is 0 Å². The SMILES string of the molecule is Nc1ccc(Oc2cccc(Cl)c2F)c2ccncc12. The molecular weight excluding hydrogens is 279 g/mol. The number of fused-ring (bicyclic) bond motifs is 1. The number of nitrogen functional groups attached to an aromatic ring is 1. The molecule has 0 amide bonds. The Morgan fingerprint density at radius 3 is 2.75 bits per heavy atom. The maximum absolute atomic E-state index is 13.9. The summed E-state index contributed by atoms with van der Waals surface area (Å²) in [5.41, 5.74) is 6.47. The number of benzene rings is 2. The van der Waals surface area contributed by atoms with E-state index in [9.17, 15) is 4.39 Å². The fraction of sp³-hybridized carbons (Fsp3) is 0. The van der Waals surface area contributed by atoms with E-state index < -0.39 is 5.82 Å². The van der Waals surface area contributed by atoms with Crippen molar-refractivity contribution in [3.63, 3.8) is 0 Å². The molecule has 0 aliphatic rings. The minimum absolute atomic E-state index is 0.0175. The second-order valence-electron chi connectivity index (χ2n) is 4.23. The summed E-state index contributed by atoms with van der Waals surface area (Å²) >= 11 is 5.74. The zero-order valence-electron chi connectivity index (χ0n) is 10.3. The van der Waals surface area contributed by atoms with Gasteiger partial charge in [0.1, 0.15) is 5.75 Å². The summed E-state index contributed by atoms with van der Waals surface area (Å²) in [7, 11) is 0. The Morgan fingerprint density at radius 1 is 1.05 bits per heavy atom. The van der Waals surface area contributed by atoms with Gasteiger partial charge in [-0.1, -0.05) is 17.7 Å². The molecule has 100 valence electrons. The van der Waals surface area contributed by atoms with E-state index in [1.807, 2.05) is 0 Å². The van der Waals surface area contributed by atoms with Gasteiger partial charge in [-0.25, -0.2) is 4.39 Å². The largest absolute Gasteiger partial charge is 0.454 e. The van der Waals surface area contributed by atoms with E-state index >= 15 is 0 Å². The van der Waals surface area contributed by atoms with Gasteiger partial charge in [0.25, 0.3) is 0 Å². The first-order valence-corrected chi connectivity index (χ1v) is 6.28. The van der Waals surface area contributed by atoms with Crippen molar-refractivity contribution in [2.75, 3.05) is 5.73 Å². The van der Waals surface area contributed by atoms with Gasteiger partial charge in [-0.2, -0.15) is 0 Å². The fourth-order valence-electron chi connectivity index (χ4n) is 1.95. The number of ether oxygens (including phenoxy) is 1. The van der Waals surface area contributed by atoms with Crippen molar-refractivity contribution in [3.05, 3.63) is 59.6 Å². The number of nitrogens with two attached hydrogens (primary N) is 1. The van der Waals surface area contributed by atoms with Gasteiger partial charge in [-0.3, -0.25) is 4.98 Å². The Kier molecular flexibility index (Phi) is 3.16. The first-order chi connectivity index (χ1) is 9.66. The molecule has 3 nitrogen and oxygen atoms in total. The minimum Gasteiger partial charge on any atom is -0.454 e. The van der Waals surface area contributed by atoms with E-state index in [0.717, 1.165) is 10.8 Å². The van der Waals surface area contributed by atoms with Crippen LogP contribution in [-0.4, -0.2) is 4.98 Å². The quantitative estimate of drug-likeness (QED) is 0.711. The van der Waals surface area contributed by atoms with Crippen LogP contribution in [0, 0.1) is 5.82 Å². The molecule has 0 aliphatic heterocycles. The summed E-state index contributed by atoms with van der Waals surface area (Å²) in [4.78, 5) is 4.02. The second kappa shape index (κ2) is 4.98. The Bertz CT molecular complexity index is 792. The molecule has 2 N–H and O–H groups in total. The highest BCUT2D eigenvalue weighted by Gasteiger charge is 2.11. The lowest BCUT2D eigenvalue weighted by atomic mass is 10.1. The van der Waals surface area contributed by atoms with Gasteiger partial charge in [0.05, 0.1) is 5.02 Å². The number of hydrogen-bond donors (Lipinski definition) is 1. The molecule has 0 spiro atoms. The lowest BCUT2D eigenvalue weighted by molar-refractivity contribution is 0.446. The molecule has 1 heterocycles. The van der Waals surface area contributed by atoms with Gasteiger partial charge in [0, 0.05) is 28.9 Å². The predicted octanol–water partition coefficient (Wildman–Crippen LogP) is 4.40. The molecular formula is C15H10ClFN2O. The smallest absolute Gasteiger partial charge is 0.184 e. The highest BCUT2D eigenvalue weighted by atomic mass is 35.5. The van der Waals surface area contributed by atoms with E-state index in [1.165, 1.54) is 12.1 Å². The molecule has 2 aromatic carbocycles. The second-order valence-corrected chi connectivity index (χ2v) is 4.64. The lowest BCUT2D eigenvalue weighted by Crippen LogP contribution is -1.93. The zero-order chi connectivity index (χ0) is 14.1. The molecule has 0 saturated carbocycles. The van der Waals surface area contributed by atoms with Gasteiger partial charge in [0.15, 0.2) is 11.6 Å². The topological polar surface area (TPSA) is 48.1 Å². The molecule has 20 heavy (non-hydrogen) atoms. The number of nitrogens with zero attached hydrogens (tertiary/aromatic N) is 1. The third-order valence-electron chi connectivity index (χ3n) is 2.95. The summed E-state index contributed by atoms with van der Waals surface area (Å²) in [6, 6.07) is 9.77. The van der Waals surface area contributed by atoms with Gasteiger partial charge in [-0.15, -0.1) is 0 Å². The monoisotopic (exact) mass is 288 g/mol. The molecule has 1 aromatic heterocycles. The average Bonchev–Trinajstić information content (AvgIpc) is 2.47.